The molecule has 0 unspecified atom stereocenters. The van der Waals surface area contributed by atoms with Crippen molar-refractivity contribution in [3.8, 4) is 0 Å². The Kier molecular flexibility index (Phi) is 3.41. The van der Waals surface area contributed by atoms with E-state index >= 15 is 0 Å². The fraction of sp³-hybridized carbons (Fsp3) is 0.667. The van der Waals surface area contributed by atoms with Crippen LogP contribution in [0.25, 0.3) is 0 Å². The zero-order chi connectivity index (χ0) is 12.5. The van der Waals surface area contributed by atoms with E-state index in [2.05, 4.69) is 32.1 Å². The third-order valence-corrected chi connectivity index (χ3v) is 4.56. The van der Waals surface area contributed by atoms with Gasteiger partial charge in [0.1, 0.15) is 0 Å². The first-order chi connectivity index (χ1) is 8.03. The highest BCUT2D eigenvalue weighted by Crippen LogP contribution is 2.47. The summed E-state index contributed by atoms with van der Waals surface area (Å²) >= 11 is 0. The van der Waals surface area contributed by atoms with E-state index in [0.29, 0.717) is 12.3 Å². The van der Waals surface area contributed by atoms with Crippen LogP contribution in [0.3, 0.4) is 0 Å². The van der Waals surface area contributed by atoms with Crippen LogP contribution < -0.4 is 0 Å². The Hall–Kier alpha value is -1.05. The number of hydrogen-bond acceptors (Lipinski definition) is 1. The Morgan fingerprint density at radius 2 is 2.29 bits per heavy atom. The molecule has 0 aromatic rings. The molecule has 1 N–H and O–H groups in total. The van der Waals surface area contributed by atoms with Crippen molar-refractivity contribution in [1.29, 1.82) is 0 Å². The van der Waals surface area contributed by atoms with Gasteiger partial charge in [-0.25, -0.2) is 0 Å². The number of carboxylic acid groups (broad SMARTS) is 1. The first-order valence-corrected chi connectivity index (χ1v) is 6.59. The molecule has 0 aromatic carbocycles. The van der Waals surface area contributed by atoms with E-state index in [9.17, 15) is 9.90 Å². The van der Waals surface area contributed by atoms with E-state index in [1.165, 1.54) is 5.57 Å². The van der Waals surface area contributed by atoms with Crippen molar-refractivity contribution in [1.82, 2.24) is 0 Å². The van der Waals surface area contributed by atoms with Crippen LogP contribution in [0, 0.1) is 17.3 Å². The normalized spacial score (nSPS) is 40.7. The average molecular weight is 234 g/mol. The molecule has 0 spiro atoms. The van der Waals surface area contributed by atoms with Gasteiger partial charge in [0, 0.05) is 0 Å². The highest BCUT2D eigenvalue weighted by Gasteiger charge is 2.42. The number of fused-ring (bicyclic) bond motifs is 1. The zero-order valence-corrected chi connectivity index (χ0v) is 10.8. The van der Waals surface area contributed by atoms with Crippen LogP contribution in [0.1, 0.15) is 46.0 Å². The fourth-order valence-corrected chi connectivity index (χ4v) is 3.42. The van der Waals surface area contributed by atoms with Crippen LogP contribution in [-0.2, 0) is 4.79 Å². The predicted molar refractivity (Wildman–Crippen MR) is 68.7 cm³/mol. The third-order valence-electron chi connectivity index (χ3n) is 4.56. The van der Waals surface area contributed by atoms with Crippen molar-refractivity contribution in [2.24, 2.45) is 17.3 Å². The number of allylic oxidation sites excluding steroid dienone is 4. The fourth-order valence-electron chi connectivity index (χ4n) is 3.42. The van der Waals surface area contributed by atoms with Crippen LogP contribution in [0.4, 0.5) is 0 Å². The maximum atomic E-state index is 11.4. The minimum atomic E-state index is -0.618. The quantitative estimate of drug-likeness (QED) is 0.701. The molecule has 0 fully saturated rings. The Bertz CT molecular complexity index is 367. The minimum absolute atomic E-state index is 0.0819. The summed E-state index contributed by atoms with van der Waals surface area (Å²) in [6.45, 7) is 4.40. The maximum absolute atomic E-state index is 11.4. The summed E-state index contributed by atoms with van der Waals surface area (Å²) in [6, 6.07) is 0. The first kappa shape index (κ1) is 12.4. The highest BCUT2D eigenvalue weighted by molar-refractivity contribution is 5.71. The molecule has 0 saturated carbocycles. The van der Waals surface area contributed by atoms with Crippen LogP contribution in [0.5, 0.6) is 0 Å². The molecule has 0 amide bonds. The Morgan fingerprint density at radius 1 is 1.53 bits per heavy atom. The lowest BCUT2D eigenvalue weighted by Gasteiger charge is -2.42. The molecule has 94 valence electrons. The minimum Gasteiger partial charge on any atom is -0.481 e. The number of carbonyl (C=O) groups is 1. The van der Waals surface area contributed by atoms with Crippen LogP contribution in [0.15, 0.2) is 23.8 Å². The maximum Gasteiger partial charge on any atom is 0.307 e. The number of aliphatic carboxylic acids is 1. The van der Waals surface area contributed by atoms with E-state index < -0.39 is 5.97 Å². The van der Waals surface area contributed by atoms with Gasteiger partial charge in [-0.2, -0.15) is 0 Å². The van der Waals surface area contributed by atoms with E-state index in [-0.39, 0.29) is 11.3 Å². The molecule has 0 saturated heterocycles. The van der Waals surface area contributed by atoms with Crippen molar-refractivity contribution < 1.29 is 9.90 Å². The second kappa shape index (κ2) is 4.67. The van der Waals surface area contributed by atoms with Crippen molar-refractivity contribution in [3.05, 3.63) is 23.8 Å². The van der Waals surface area contributed by atoms with Gasteiger partial charge in [-0.15, -0.1) is 0 Å². The highest BCUT2D eigenvalue weighted by atomic mass is 16.4. The van der Waals surface area contributed by atoms with Gasteiger partial charge in [-0.3, -0.25) is 4.79 Å². The molecule has 2 aliphatic carbocycles. The van der Waals surface area contributed by atoms with Gasteiger partial charge in [0.05, 0.1) is 5.92 Å². The Balaban J connectivity index is 2.28. The van der Waals surface area contributed by atoms with E-state index in [4.69, 9.17) is 0 Å². The van der Waals surface area contributed by atoms with Gasteiger partial charge in [0.25, 0.3) is 0 Å². The van der Waals surface area contributed by atoms with E-state index in [1.54, 1.807) is 0 Å². The molecular weight excluding hydrogens is 212 g/mol. The summed E-state index contributed by atoms with van der Waals surface area (Å²) < 4.78 is 0. The van der Waals surface area contributed by atoms with Crippen LogP contribution in [-0.4, -0.2) is 11.1 Å². The van der Waals surface area contributed by atoms with Gasteiger partial charge in [0.15, 0.2) is 0 Å². The number of rotatable bonds is 1. The molecule has 2 rings (SSSR count). The third kappa shape index (κ3) is 2.46. The molecule has 3 atom stereocenters. The molecule has 0 aliphatic heterocycles. The lowest BCUT2D eigenvalue weighted by Crippen LogP contribution is -2.38. The molecule has 2 nitrogen and oxygen atoms in total. The summed E-state index contributed by atoms with van der Waals surface area (Å²) in [6.07, 6.45) is 11.6. The molecule has 2 heteroatoms. The van der Waals surface area contributed by atoms with Gasteiger partial charge < -0.3 is 5.11 Å². The monoisotopic (exact) mass is 234 g/mol. The van der Waals surface area contributed by atoms with Gasteiger partial charge >= 0.3 is 5.97 Å². The summed E-state index contributed by atoms with van der Waals surface area (Å²) in [7, 11) is 0. The largest absolute Gasteiger partial charge is 0.481 e. The van der Waals surface area contributed by atoms with Gasteiger partial charge in [-0.05, 0) is 50.4 Å². The molecule has 0 radical (unpaired) electrons. The van der Waals surface area contributed by atoms with Crippen molar-refractivity contribution in [2.45, 2.75) is 46.0 Å². The molecular formula is C15H22O2. The average Bonchev–Trinajstić information content (AvgIpc) is 2.24. The molecule has 0 bridgehead atoms. The number of hydrogen-bond donors (Lipinski definition) is 1. The summed E-state index contributed by atoms with van der Waals surface area (Å²) in [5.74, 6) is -0.502. The van der Waals surface area contributed by atoms with Crippen molar-refractivity contribution in [3.63, 3.8) is 0 Å². The standard InChI is InChI=1S/C15H22O2/c1-11-5-3-9-15(2)10-4-6-12(14(16)17)13(15)8-7-11/h4-5,10,12-13H,3,6-9H2,1-2H3,(H,16,17)/b11-5-/t12-,13+,15-/m1/s1. The number of carboxylic acids is 1. The lowest BCUT2D eigenvalue weighted by molar-refractivity contribution is -0.145. The first-order valence-electron chi connectivity index (χ1n) is 6.59. The second-order valence-electron chi connectivity index (χ2n) is 5.82. The second-order valence-corrected chi connectivity index (χ2v) is 5.82. The molecule has 0 heterocycles. The van der Waals surface area contributed by atoms with E-state index in [0.717, 1.165) is 25.7 Å². The lowest BCUT2D eigenvalue weighted by atomic mass is 9.61. The molecule has 17 heavy (non-hydrogen) atoms. The summed E-state index contributed by atoms with van der Waals surface area (Å²) in [5.41, 5.74) is 1.50. The summed E-state index contributed by atoms with van der Waals surface area (Å²) in [4.78, 5) is 11.4. The van der Waals surface area contributed by atoms with Crippen molar-refractivity contribution >= 4 is 5.97 Å². The molecule has 0 aromatic heterocycles. The van der Waals surface area contributed by atoms with Gasteiger partial charge in [-0.1, -0.05) is 30.7 Å². The zero-order valence-electron chi connectivity index (χ0n) is 10.8. The Morgan fingerprint density at radius 3 is 3.00 bits per heavy atom. The van der Waals surface area contributed by atoms with Crippen molar-refractivity contribution in [2.75, 3.05) is 0 Å². The van der Waals surface area contributed by atoms with Gasteiger partial charge in [0.2, 0.25) is 0 Å². The smallest absolute Gasteiger partial charge is 0.307 e. The Labute approximate surface area is 103 Å². The SMILES string of the molecule is C/C1=C/CC[C@]2(C)C=CC[C@@H](C(=O)O)[C@@H]2CC1. The topological polar surface area (TPSA) is 37.3 Å². The predicted octanol–water partition coefficient (Wildman–Crippen LogP) is 3.79. The van der Waals surface area contributed by atoms with E-state index in [1.807, 2.05) is 0 Å². The summed E-state index contributed by atoms with van der Waals surface area (Å²) in [5, 5.41) is 9.37. The molecule has 2 aliphatic rings. The van der Waals surface area contributed by atoms with Crippen LogP contribution in [0.2, 0.25) is 0 Å². The van der Waals surface area contributed by atoms with Crippen LogP contribution >= 0.6 is 0 Å².